The standard InChI is InChI=1S/C15H23NO4/c1-4-8-16-15(18)11(3)20-13-7-6-12(10-17)9-14(13)19-5-2/h6-7,9,11,17H,4-5,8,10H2,1-3H3,(H,16,18). The average molecular weight is 281 g/mol. The molecule has 2 N–H and O–H groups in total. The molecule has 1 aromatic carbocycles. The Labute approximate surface area is 119 Å². The smallest absolute Gasteiger partial charge is 0.260 e. The van der Waals surface area contributed by atoms with Crippen molar-refractivity contribution in [1.82, 2.24) is 5.32 Å². The number of hydrogen-bond donors (Lipinski definition) is 2. The van der Waals surface area contributed by atoms with Crippen LogP contribution in [0, 0.1) is 0 Å². The average Bonchev–Trinajstić information content (AvgIpc) is 2.46. The van der Waals surface area contributed by atoms with Gasteiger partial charge in [-0.2, -0.15) is 0 Å². The van der Waals surface area contributed by atoms with Crippen LogP contribution in [-0.4, -0.2) is 30.3 Å². The fourth-order valence-corrected chi connectivity index (χ4v) is 1.65. The first kappa shape index (κ1) is 16.3. The van der Waals surface area contributed by atoms with Gasteiger partial charge in [-0.25, -0.2) is 0 Å². The van der Waals surface area contributed by atoms with Gasteiger partial charge in [-0.3, -0.25) is 4.79 Å². The van der Waals surface area contributed by atoms with Gasteiger partial charge in [0, 0.05) is 6.54 Å². The van der Waals surface area contributed by atoms with E-state index in [1.807, 2.05) is 13.8 Å². The van der Waals surface area contributed by atoms with Gasteiger partial charge in [0.05, 0.1) is 13.2 Å². The number of rotatable bonds is 8. The van der Waals surface area contributed by atoms with Gasteiger partial charge in [0.15, 0.2) is 17.6 Å². The van der Waals surface area contributed by atoms with Crippen molar-refractivity contribution in [3.8, 4) is 11.5 Å². The molecule has 0 fully saturated rings. The molecule has 0 aromatic heterocycles. The summed E-state index contributed by atoms with van der Waals surface area (Å²) in [7, 11) is 0. The molecule has 0 aliphatic heterocycles. The highest BCUT2D eigenvalue weighted by Gasteiger charge is 2.16. The van der Waals surface area contributed by atoms with Crippen molar-refractivity contribution in [2.24, 2.45) is 0 Å². The fourth-order valence-electron chi connectivity index (χ4n) is 1.65. The molecule has 0 spiro atoms. The van der Waals surface area contributed by atoms with Crippen molar-refractivity contribution in [3.05, 3.63) is 23.8 Å². The number of aliphatic hydroxyl groups is 1. The lowest BCUT2D eigenvalue weighted by Crippen LogP contribution is -2.36. The summed E-state index contributed by atoms with van der Waals surface area (Å²) in [5, 5.41) is 11.9. The Morgan fingerprint density at radius 1 is 1.35 bits per heavy atom. The Kier molecular flexibility index (Phi) is 6.87. The first-order chi connectivity index (χ1) is 9.62. The minimum absolute atomic E-state index is 0.0626. The Morgan fingerprint density at radius 2 is 2.10 bits per heavy atom. The third-order valence-corrected chi connectivity index (χ3v) is 2.71. The molecule has 0 radical (unpaired) electrons. The molecule has 1 unspecified atom stereocenters. The molecule has 112 valence electrons. The Hall–Kier alpha value is -1.75. The maximum absolute atomic E-state index is 11.8. The lowest BCUT2D eigenvalue weighted by Gasteiger charge is -2.17. The van der Waals surface area contributed by atoms with E-state index in [9.17, 15) is 4.79 Å². The summed E-state index contributed by atoms with van der Waals surface area (Å²) in [6.45, 7) is 6.61. The molecular weight excluding hydrogens is 258 g/mol. The van der Waals surface area contributed by atoms with Gasteiger partial charge in [-0.1, -0.05) is 13.0 Å². The topological polar surface area (TPSA) is 67.8 Å². The third kappa shape index (κ3) is 4.74. The van der Waals surface area contributed by atoms with Gasteiger partial charge in [0.25, 0.3) is 5.91 Å². The normalized spacial score (nSPS) is 11.8. The van der Waals surface area contributed by atoms with Gasteiger partial charge >= 0.3 is 0 Å². The van der Waals surface area contributed by atoms with Gasteiger partial charge < -0.3 is 19.9 Å². The van der Waals surface area contributed by atoms with E-state index in [1.54, 1.807) is 25.1 Å². The summed E-state index contributed by atoms with van der Waals surface area (Å²) in [6, 6.07) is 5.17. The zero-order chi connectivity index (χ0) is 15.0. The second kappa shape index (κ2) is 8.43. The van der Waals surface area contributed by atoms with E-state index in [2.05, 4.69) is 5.32 Å². The van der Waals surface area contributed by atoms with Gasteiger partial charge in [-0.15, -0.1) is 0 Å². The monoisotopic (exact) mass is 281 g/mol. The van der Waals surface area contributed by atoms with Crippen LogP contribution >= 0.6 is 0 Å². The first-order valence-corrected chi connectivity index (χ1v) is 6.93. The highest BCUT2D eigenvalue weighted by atomic mass is 16.5. The largest absolute Gasteiger partial charge is 0.490 e. The van der Waals surface area contributed by atoms with Crippen molar-refractivity contribution >= 4 is 5.91 Å². The second-order valence-corrected chi connectivity index (χ2v) is 4.42. The predicted octanol–water partition coefficient (Wildman–Crippen LogP) is 1.87. The van der Waals surface area contributed by atoms with Gasteiger partial charge in [0.2, 0.25) is 0 Å². The van der Waals surface area contributed by atoms with Crippen LogP contribution in [0.3, 0.4) is 0 Å². The molecule has 5 nitrogen and oxygen atoms in total. The first-order valence-electron chi connectivity index (χ1n) is 6.93. The van der Waals surface area contributed by atoms with Crippen molar-refractivity contribution in [3.63, 3.8) is 0 Å². The summed E-state index contributed by atoms with van der Waals surface area (Å²) < 4.78 is 11.1. The van der Waals surface area contributed by atoms with Crippen molar-refractivity contribution < 1.29 is 19.4 Å². The summed E-state index contributed by atoms with van der Waals surface area (Å²) in [4.78, 5) is 11.8. The van der Waals surface area contributed by atoms with Crippen molar-refractivity contribution in [2.45, 2.75) is 39.9 Å². The minimum Gasteiger partial charge on any atom is -0.490 e. The molecule has 0 saturated carbocycles. The van der Waals surface area contributed by atoms with Gasteiger partial charge in [-0.05, 0) is 38.0 Å². The zero-order valence-corrected chi connectivity index (χ0v) is 12.3. The summed E-state index contributed by atoms with van der Waals surface area (Å²) in [5.74, 6) is 0.887. The van der Waals surface area contributed by atoms with E-state index < -0.39 is 6.10 Å². The molecule has 0 saturated heterocycles. The number of carbonyl (C=O) groups is 1. The highest BCUT2D eigenvalue weighted by Crippen LogP contribution is 2.29. The van der Waals surface area contributed by atoms with E-state index in [1.165, 1.54) is 0 Å². The van der Waals surface area contributed by atoms with E-state index >= 15 is 0 Å². The number of benzene rings is 1. The predicted molar refractivity (Wildman–Crippen MR) is 76.9 cm³/mol. The molecular formula is C15H23NO4. The third-order valence-electron chi connectivity index (χ3n) is 2.71. The van der Waals surface area contributed by atoms with Crippen LogP contribution < -0.4 is 14.8 Å². The molecule has 0 aliphatic rings. The number of carbonyl (C=O) groups excluding carboxylic acids is 1. The lowest BCUT2D eigenvalue weighted by atomic mass is 10.2. The molecule has 0 aliphatic carbocycles. The van der Waals surface area contributed by atoms with Crippen LogP contribution in [0.5, 0.6) is 11.5 Å². The summed E-state index contributed by atoms with van der Waals surface area (Å²) in [5.41, 5.74) is 0.740. The van der Waals surface area contributed by atoms with E-state index in [0.717, 1.165) is 12.0 Å². The number of ether oxygens (including phenoxy) is 2. The quantitative estimate of drug-likeness (QED) is 0.763. The maximum Gasteiger partial charge on any atom is 0.260 e. The number of nitrogens with one attached hydrogen (secondary N) is 1. The van der Waals surface area contributed by atoms with Crippen LogP contribution in [0.25, 0.3) is 0 Å². The summed E-state index contributed by atoms with van der Waals surface area (Å²) >= 11 is 0. The van der Waals surface area contributed by atoms with E-state index in [4.69, 9.17) is 14.6 Å². The van der Waals surface area contributed by atoms with E-state index in [0.29, 0.717) is 24.7 Å². The second-order valence-electron chi connectivity index (χ2n) is 4.42. The van der Waals surface area contributed by atoms with Gasteiger partial charge in [0.1, 0.15) is 0 Å². The van der Waals surface area contributed by atoms with E-state index in [-0.39, 0.29) is 12.5 Å². The number of amides is 1. The minimum atomic E-state index is -0.597. The van der Waals surface area contributed by atoms with Crippen LogP contribution in [0.2, 0.25) is 0 Å². The maximum atomic E-state index is 11.8. The zero-order valence-electron chi connectivity index (χ0n) is 12.3. The lowest BCUT2D eigenvalue weighted by molar-refractivity contribution is -0.127. The summed E-state index contributed by atoms with van der Waals surface area (Å²) in [6.07, 6.45) is 0.286. The number of aliphatic hydroxyl groups excluding tert-OH is 1. The molecule has 1 aromatic rings. The number of hydrogen-bond acceptors (Lipinski definition) is 4. The molecule has 1 rings (SSSR count). The van der Waals surface area contributed by atoms with Crippen LogP contribution in [0.1, 0.15) is 32.8 Å². The van der Waals surface area contributed by atoms with Crippen molar-refractivity contribution in [2.75, 3.05) is 13.2 Å². The van der Waals surface area contributed by atoms with Crippen LogP contribution in [0.4, 0.5) is 0 Å². The van der Waals surface area contributed by atoms with Crippen molar-refractivity contribution in [1.29, 1.82) is 0 Å². The molecule has 20 heavy (non-hydrogen) atoms. The molecule has 1 atom stereocenters. The highest BCUT2D eigenvalue weighted by molar-refractivity contribution is 5.80. The van der Waals surface area contributed by atoms with Crippen LogP contribution in [-0.2, 0) is 11.4 Å². The Morgan fingerprint density at radius 3 is 2.70 bits per heavy atom. The Bertz CT molecular complexity index is 434. The fraction of sp³-hybridized carbons (Fsp3) is 0.533. The molecule has 5 heteroatoms. The molecule has 0 bridgehead atoms. The molecule has 0 heterocycles. The SMILES string of the molecule is CCCNC(=O)C(C)Oc1ccc(CO)cc1OCC. The Balaban J connectivity index is 2.77. The molecule has 1 amide bonds. The van der Waals surface area contributed by atoms with Crippen LogP contribution in [0.15, 0.2) is 18.2 Å².